The van der Waals surface area contributed by atoms with Gasteiger partial charge in [-0.1, -0.05) is 30.3 Å². The minimum absolute atomic E-state index is 0.250. The molecule has 17 heavy (non-hydrogen) atoms. The zero-order valence-electron chi connectivity index (χ0n) is 8.70. The Bertz CT molecular complexity index is 474. The lowest BCUT2D eigenvalue weighted by Crippen LogP contribution is -2.38. The number of aliphatic carboxylic acids is 1. The molecule has 1 aromatic carbocycles. The predicted octanol–water partition coefficient (Wildman–Crippen LogP) is 0.699. The second-order valence-electron chi connectivity index (χ2n) is 3.54. The number of Topliss-reactive ketones (excluding diaryl/α,β-unsaturated/α-hetero) is 1. The molecule has 1 unspecified atom stereocenters. The number of ketones is 1. The molecule has 1 aliphatic heterocycles. The van der Waals surface area contributed by atoms with Gasteiger partial charge in [-0.3, -0.25) is 9.59 Å². The van der Waals surface area contributed by atoms with Crippen LogP contribution in [0.5, 0.6) is 0 Å². The van der Waals surface area contributed by atoms with Crippen molar-refractivity contribution in [1.29, 1.82) is 0 Å². The van der Waals surface area contributed by atoms with Crippen molar-refractivity contribution < 1.29 is 19.5 Å². The maximum Gasteiger partial charge on any atom is 0.330 e. The Morgan fingerprint density at radius 3 is 2.53 bits per heavy atom. The molecule has 5 nitrogen and oxygen atoms in total. The van der Waals surface area contributed by atoms with Gasteiger partial charge < -0.3 is 5.11 Å². The van der Waals surface area contributed by atoms with Crippen molar-refractivity contribution in [3.8, 4) is 0 Å². The van der Waals surface area contributed by atoms with Crippen molar-refractivity contribution in [2.45, 2.75) is 12.6 Å². The van der Waals surface area contributed by atoms with E-state index in [0.29, 0.717) is 11.9 Å². The molecule has 1 atom stereocenters. The molecular formula is C11H9NO4S. The highest BCUT2D eigenvalue weighted by Gasteiger charge is 2.45. The van der Waals surface area contributed by atoms with Crippen LogP contribution in [0.15, 0.2) is 30.3 Å². The maximum atomic E-state index is 11.4. The monoisotopic (exact) mass is 251 g/mol. The van der Waals surface area contributed by atoms with Crippen molar-refractivity contribution in [3.63, 3.8) is 0 Å². The van der Waals surface area contributed by atoms with Crippen LogP contribution in [0.3, 0.4) is 0 Å². The summed E-state index contributed by atoms with van der Waals surface area (Å²) in [5.74, 6) is -2.15. The second kappa shape index (κ2) is 4.68. The normalized spacial score (nSPS) is 20.8. The predicted molar refractivity (Wildman–Crippen MR) is 61.0 cm³/mol. The molecule has 6 heteroatoms. The average Bonchev–Trinajstić information content (AvgIpc) is 2.56. The molecule has 1 N–H and O–H groups in total. The third kappa shape index (κ3) is 2.37. The van der Waals surface area contributed by atoms with E-state index in [2.05, 4.69) is 0 Å². The molecule has 0 aromatic heterocycles. The Balaban J connectivity index is 2.18. The maximum absolute atomic E-state index is 11.4. The summed E-state index contributed by atoms with van der Waals surface area (Å²) in [7, 11) is 0. The number of carbonyl (C=O) groups excluding carboxylic acids is 2. The minimum Gasteiger partial charge on any atom is -0.480 e. The van der Waals surface area contributed by atoms with Crippen LogP contribution in [0.2, 0.25) is 0 Å². The Kier molecular flexibility index (Phi) is 3.26. The van der Waals surface area contributed by atoms with Crippen LogP contribution in [-0.2, 0) is 20.9 Å². The van der Waals surface area contributed by atoms with Crippen LogP contribution >= 0.6 is 11.9 Å². The van der Waals surface area contributed by atoms with E-state index < -0.39 is 22.9 Å². The third-order valence-corrected chi connectivity index (χ3v) is 3.29. The second-order valence-corrected chi connectivity index (χ2v) is 4.57. The number of nitrogens with zero attached hydrogens (tertiary/aromatic N) is 1. The van der Waals surface area contributed by atoms with Crippen molar-refractivity contribution in [2.75, 3.05) is 0 Å². The first-order valence-corrected chi connectivity index (χ1v) is 5.66. The zero-order chi connectivity index (χ0) is 12.4. The average molecular weight is 251 g/mol. The van der Waals surface area contributed by atoms with E-state index in [9.17, 15) is 14.4 Å². The molecule has 0 spiro atoms. The highest BCUT2D eigenvalue weighted by Crippen LogP contribution is 2.28. The van der Waals surface area contributed by atoms with Gasteiger partial charge in [0.25, 0.3) is 5.12 Å². The lowest BCUT2D eigenvalue weighted by Gasteiger charge is -2.16. The van der Waals surface area contributed by atoms with Crippen LogP contribution in [0.1, 0.15) is 5.56 Å². The van der Waals surface area contributed by atoms with Crippen LogP contribution in [0.4, 0.5) is 0 Å². The van der Waals surface area contributed by atoms with E-state index >= 15 is 0 Å². The molecule has 1 fully saturated rings. The Morgan fingerprint density at radius 1 is 1.29 bits per heavy atom. The number of hydrogen-bond acceptors (Lipinski definition) is 5. The highest BCUT2D eigenvalue weighted by atomic mass is 32.2. The van der Waals surface area contributed by atoms with E-state index in [1.165, 1.54) is 4.31 Å². The first-order chi connectivity index (χ1) is 8.09. The molecule has 0 saturated carbocycles. The minimum atomic E-state index is -1.37. The summed E-state index contributed by atoms with van der Waals surface area (Å²) in [4.78, 5) is 33.5. The fourth-order valence-electron chi connectivity index (χ4n) is 1.57. The SMILES string of the molecule is O=C1SN(Cc2ccccc2)C(C(=O)O)C1=O. The molecule has 1 saturated heterocycles. The molecule has 1 heterocycles. The van der Waals surface area contributed by atoms with Gasteiger partial charge in [-0.25, -0.2) is 9.10 Å². The lowest BCUT2D eigenvalue weighted by molar-refractivity contribution is -0.146. The lowest BCUT2D eigenvalue weighted by atomic mass is 10.1. The van der Waals surface area contributed by atoms with Gasteiger partial charge >= 0.3 is 5.97 Å². The molecule has 0 radical (unpaired) electrons. The Morgan fingerprint density at radius 2 is 1.94 bits per heavy atom. The summed E-state index contributed by atoms with van der Waals surface area (Å²) in [6.07, 6.45) is 0. The molecular weight excluding hydrogens is 242 g/mol. The quantitative estimate of drug-likeness (QED) is 0.484. The number of carbonyl (C=O) groups is 3. The van der Waals surface area contributed by atoms with Gasteiger partial charge in [0, 0.05) is 18.5 Å². The van der Waals surface area contributed by atoms with Gasteiger partial charge in [0.15, 0.2) is 6.04 Å². The van der Waals surface area contributed by atoms with Crippen LogP contribution in [0, 0.1) is 0 Å². The molecule has 0 bridgehead atoms. The highest BCUT2D eigenvalue weighted by molar-refractivity contribution is 8.14. The number of rotatable bonds is 3. The van der Waals surface area contributed by atoms with E-state index in [1.807, 2.05) is 30.3 Å². The Labute approximate surface area is 102 Å². The van der Waals surface area contributed by atoms with Gasteiger partial charge in [-0.2, -0.15) is 0 Å². The van der Waals surface area contributed by atoms with Gasteiger partial charge in [0.2, 0.25) is 5.78 Å². The van der Waals surface area contributed by atoms with Crippen molar-refractivity contribution in [3.05, 3.63) is 35.9 Å². The number of carboxylic acids is 1. The fourth-order valence-corrected chi connectivity index (χ4v) is 2.49. The summed E-state index contributed by atoms with van der Waals surface area (Å²) >= 11 is 0.669. The van der Waals surface area contributed by atoms with Crippen LogP contribution < -0.4 is 0 Å². The summed E-state index contributed by atoms with van der Waals surface area (Å²) in [6, 6.07) is 7.73. The number of carboxylic acid groups (broad SMARTS) is 1. The van der Waals surface area contributed by atoms with E-state index in [4.69, 9.17) is 5.11 Å². The first kappa shape index (κ1) is 11.8. The van der Waals surface area contributed by atoms with Gasteiger partial charge in [0.1, 0.15) is 0 Å². The van der Waals surface area contributed by atoms with E-state index in [0.717, 1.165) is 5.56 Å². The van der Waals surface area contributed by atoms with Crippen molar-refractivity contribution in [1.82, 2.24) is 4.31 Å². The Hall–Kier alpha value is -1.66. The molecule has 0 aliphatic carbocycles. The first-order valence-electron chi connectivity index (χ1n) is 4.89. The third-order valence-electron chi connectivity index (χ3n) is 2.35. The van der Waals surface area contributed by atoms with Gasteiger partial charge in [0.05, 0.1) is 0 Å². The molecule has 1 aliphatic rings. The molecule has 1 aromatic rings. The topological polar surface area (TPSA) is 74.7 Å². The summed E-state index contributed by atoms with van der Waals surface area (Å²) in [5.41, 5.74) is 0.855. The van der Waals surface area contributed by atoms with Crippen molar-refractivity contribution >= 4 is 28.8 Å². The van der Waals surface area contributed by atoms with Crippen LogP contribution in [0.25, 0.3) is 0 Å². The smallest absolute Gasteiger partial charge is 0.330 e. The largest absolute Gasteiger partial charge is 0.480 e. The van der Waals surface area contributed by atoms with Gasteiger partial charge in [-0.05, 0) is 5.56 Å². The molecule has 88 valence electrons. The standard InChI is InChI=1S/C11H9NO4S/c13-9-8(10(14)15)12(17-11(9)16)6-7-4-2-1-3-5-7/h1-5,8H,6H2,(H,14,15). The van der Waals surface area contributed by atoms with Crippen molar-refractivity contribution in [2.24, 2.45) is 0 Å². The van der Waals surface area contributed by atoms with E-state index in [-0.39, 0.29) is 6.54 Å². The molecule has 0 amide bonds. The van der Waals surface area contributed by atoms with Crippen LogP contribution in [-0.4, -0.2) is 32.3 Å². The number of benzene rings is 1. The summed E-state index contributed by atoms with van der Waals surface area (Å²) in [5, 5.41) is 8.21. The summed E-state index contributed by atoms with van der Waals surface area (Å²) in [6.45, 7) is 0.250. The zero-order valence-corrected chi connectivity index (χ0v) is 9.52. The summed E-state index contributed by atoms with van der Waals surface area (Å²) < 4.78 is 1.29. The number of hydrogen-bond donors (Lipinski definition) is 1. The van der Waals surface area contributed by atoms with E-state index in [1.54, 1.807) is 0 Å². The van der Waals surface area contributed by atoms with Gasteiger partial charge in [-0.15, -0.1) is 0 Å². The fraction of sp³-hybridized carbons (Fsp3) is 0.182. The molecule has 2 rings (SSSR count).